The first-order chi connectivity index (χ1) is 18.8. The van der Waals surface area contributed by atoms with E-state index in [1.165, 1.54) is 12.1 Å². The fourth-order valence-electron chi connectivity index (χ4n) is 4.70. The minimum absolute atomic E-state index is 0.107. The molecule has 0 bridgehead atoms. The number of carbonyl (C=O) groups is 2. The fraction of sp³-hybridized carbons (Fsp3) is 0.571. The van der Waals surface area contributed by atoms with Crippen molar-refractivity contribution in [3.8, 4) is 0 Å². The molecule has 3 aliphatic carbocycles. The highest BCUT2D eigenvalue weighted by atomic mass is 32.2. The number of amides is 2. The lowest BCUT2D eigenvalue weighted by molar-refractivity contribution is 0.0607. The number of alkyl carbamates (subject to hydrolysis) is 1. The first kappa shape index (κ1) is 28.3. The van der Waals surface area contributed by atoms with Crippen molar-refractivity contribution in [3.63, 3.8) is 0 Å². The summed E-state index contributed by atoms with van der Waals surface area (Å²) in [7, 11) is -3.17. The molecule has 1 heterocycles. The molecular formula is C28H36FN5O5S. The lowest BCUT2D eigenvalue weighted by Crippen LogP contribution is -2.36. The summed E-state index contributed by atoms with van der Waals surface area (Å²) in [6.45, 7) is 7.10. The standard InChI is InChI=1S/C28H36FN5O5S/c1-27(2,3)39-26(36)34-40(37,20-7-8-20)21-9-10-23(22(29)14-21)32-24-30-15-18(16-31-24)17-5-6-19(13-17)38-25(35)33-28(4)11-12-28/h9-10,14-17,19-20H,5-8,11-13H2,1-4H3,(H,33,35)(H,30,31,32)/t17?,19?,40-/m1/s1. The maximum absolute atomic E-state index is 15.1. The van der Waals surface area contributed by atoms with E-state index in [9.17, 15) is 13.8 Å². The number of hydrogen-bond donors (Lipinski definition) is 2. The van der Waals surface area contributed by atoms with E-state index in [-0.39, 0.29) is 45.4 Å². The molecule has 3 saturated carbocycles. The van der Waals surface area contributed by atoms with Crippen molar-refractivity contribution in [2.24, 2.45) is 4.36 Å². The number of ether oxygens (including phenoxy) is 2. The van der Waals surface area contributed by atoms with Gasteiger partial charge >= 0.3 is 12.2 Å². The van der Waals surface area contributed by atoms with E-state index in [0.717, 1.165) is 37.3 Å². The van der Waals surface area contributed by atoms with E-state index >= 15 is 4.39 Å². The van der Waals surface area contributed by atoms with Crippen LogP contribution in [0.1, 0.15) is 84.1 Å². The quantitative estimate of drug-likeness (QED) is 0.400. The number of nitrogens with zero attached hydrogens (tertiary/aromatic N) is 3. The number of benzene rings is 1. The summed E-state index contributed by atoms with van der Waals surface area (Å²) in [6, 6.07) is 4.09. The van der Waals surface area contributed by atoms with Gasteiger partial charge in [0.1, 0.15) is 17.5 Å². The molecule has 2 amide bonds. The van der Waals surface area contributed by atoms with Gasteiger partial charge in [-0.3, -0.25) is 0 Å². The Morgan fingerprint density at radius 1 is 1.12 bits per heavy atom. The third-order valence-electron chi connectivity index (χ3n) is 7.31. The molecule has 3 atom stereocenters. The smallest absolute Gasteiger partial charge is 0.442 e. The summed E-state index contributed by atoms with van der Waals surface area (Å²) in [5.41, 5.74) is 0.139. The summed E-state index contributed by atoms with van der Waals surface area (Å²) in [5.74, 6) is -0.282. The summed E-state index contributed by atoms with van der Waals surface area (Å²) >= 11 is 0. The van der Waals surface area contributed by atoms with Gasteiger partial charge in [0.25, 0.3) is 0 Å². The molecule has 5 rings (SSSR count). The molecule has 12 heteroatoms. The van der Waals surface area contributed by atoms with E-state index < -0.39 is 27.2 Å². The predicted molar refractivity (Wildman–Crippen MR) is 147 cm³/mol. The lowest BCUT2D eigenvalue weighted by Gasteiger charge is -2.18. The molecular weight excluding hydrogens is 537 g/mol. The Morgan fingerprint density at radius 3 is 2.42 bits per heavy atom. The van der Waals surface area contributed by atoms with Gasteiger partial charge in [0, 0.05) is 23.2 Å². The maximum atomic E-state index is 15.1. The molecule has 2 aromatic rings. The Balaban J connectivity index is 1.21. The van der Waals surface area contributed by atoms with Gasteiger partial charge in [-0.1, -0.05) is 0 Å². The van der Waals surface area contributed by atoms with Gasteiger partial charge in [0.2, 0.25) is 5.95 Å². The van der Waals surface area contributed by atoms with Crippen molar-refractivity contribution < 1.29 is 27.7 Å². The molecule has 2 N–H and O–H groups in total. The molecule has 1 aromatic heterocycles. The van der Waals surface area contributed by atoms with Crippen molar-refractivity contribution in [1.29, 1.82) is 0 Å². The van der Waals surface area contributed by atoms with Gasteiger partial charge in [-0.05, 0) is 102 Å². The molecule has 2 unspecified atom stereocenters. The maximum Gasteiger partial charge on any atom is 0.442 e. The van der Waals surface area contributed by atoms with Crippen molar-refractivity contribution in [2.45, 2.75) is 106 Å². The average Bonchev–Trinajstić information content (AvgIpc) is 3.79. The van der Waals surface area contributed by atoms with Crippen LogP contribution in [0.4, 0.5) is 25.6 Å². The van der Waals surface area contributed by atoms with Crippen LogP contribution in [0.25, 0.3) is 0 Å². The molecule has 3 fully saturated rings. The molecule has 10 nitrogen and oxygen atoms in total. The number of carbonyl (C=O) groups excluding carboxylic acids is 2. The number of halogens is 1. The molecule has 3 aliphatic rings. The van der Waals surface area contributed by atoms with Gasteiger partial charge in [-0.25, -0.2) is 28.2 Å². The van der Waals surface area contributed by atoms with Crippen LogP contribution >= 0.6 is 0 Å². The largest absolute Gasteiger partial charge is 0.446 e. The normalized spacial score (nSPS) is 23.0. The van der Waals surface area contributed by atoms with Crippen LogP contribution in [0.2, 0.25) is 0 Å². The van der Waals surface area contributed by atoms with E-state index in [2.05, 4.69) is 25.0 Å². The van der Waals surface area contributed by atoms with Crippen molar-refractivity contribution >= 4 is 33.6 Å². The first-order valence-corrected chi connectivity index (χ1v) is 15.3. The van der Waals surface area contributed by atoms with Crippen LogP contribution in [-0.4, -0.2) is 48.9 Å². The SMILES string of the molecule is CC1(NC(=O)OC2CCC(c3cnc(Nc4ccc([S@@](=O)(=NC(=O)OC(C)(C)C)C5CC5)cc4F)nc3)C2)CC1. The molecule has 0 spiro atoms. The number of aromatic nitrogens is 2. The fourth-order valence-corrected chi connectivity index (χ4v) is 6.91. The van der Waals surface area contributed by atoms with Gasteiger partial charge in [0.05, 0.1) is 20.3 Å². The van der Waals surface area contributed by atoms with Gasteiger partial charge in [0.15, 0.2) is 0 Å². The number of hydrogen-bond acceptors (Lipinski definition) is 8. The molecule has 0 saturated heterocycles. The summed E-state index contributed by atoms with van der Waals surface area (Å²) in [4.78, 5) is 33.2. The van der Waals surface area contributed by atoms with Crippen LogP contribution in [0.3, 0.4) is 0 Å². The van der Waals surface area contributed by atoms with Gasteiger partial charge < -0.3 is 20.1 Å². The monoisotopic (exact) mass is 573 g/mol. The highest BCUT2D eigenvalue weighted by molar-refractivity contribution is 7.94. The van der Waals surface area contributed by atoms with Crippen molar-refractivity contribution in [2.75, 3.05) is 5.32 Å². The topological polar surface area (TPSA) is 132 Å². The molecule has 216 valence electrons. The Labute approximate surface area is 234 Å². The Morgan fingerprint density at radius 2 is 1.82 bits per heavy atom. The number of rotatable bonds is 7. The second kappa shape index (κ2) is 10.6. The van der Waals surface area contributed by atoms with Crippen molar-refractivity contribution in [3.05, 3.63) is 42.0 Å². The van der Waals surface area contributed by atoms with E-state index in [1.807, 2.05) is 6.92 Å². The van der Waals surface area contributed by atoms with Crippen LogP contribution in [0, 0.1) is 5.82 Å². The Hall–Kier alpha value is -3.28. The number of nitrogens with one attached hydrogen (secondary N) is 2. The molecule has 0 aliphatic heterocycles. The zero-order valence-electron chi connectivity index (χ0n) is 23.2. The second-order valence-electron chi connectivity index (χ2n) is 12.2. The minimum atomic E-state index is -3.17. The van der Waals surface area contributed by atoms with Gasteiger partial charge in [-0.2, -0.15) is 0 Å². The second-order valence-corrected chi connectivity index (χ2v) is 14.6. The van der Waals surface area contributed by atoms with E-state index in [1.54, 1.807) is 33.2 Å². The highest BCUT2D eigenvalue weighted by Crippen LogP contribution is 2.38. The van der Waals surface area contributed by atoms with Crippen molar-refractivity contribution in [1.82, 2.24) is 15.3 Å². The predicted octanol–water partition coefficient (Wildman–Crippen LogP) is 6.20. The average molecular weight is 574 g/mol. The molecule has 1 aromatic carbocycles. The van der Waals surface area contributed by atoms with Crippen LogP contribution in [-0.2, 0) is 19.2 Å². The van der Waals surface area contributed by atoms with Crippen LogP contribution < -0.4 is 10.6 Å². The third kappa shape index (κ3) is 6.89. The Kier molecular flexibility index (Phi) is 7.49. The van der Waals surface area contributed by atoms with E-state index in [0.29, 0.717) is 19.3 Å². The molecule has 40 heavy (non-hydrogen) atoms. The summed E-state index contributed by atoms with van der Waals surface area (Å²) in [6.07, 6.45) is 7.54. The first-order valence-electron chi connectivity index (χ1n) is 13.7. The number of anilines is 2. The van der Waals surface area contributed by atoms with Gasteiger partial charge in [-0.15, -0.1) is 4.36 Å². The minimum Gasteiger partial charge on any atom is -0.446 e. The highest BCUT2D eigenvalue weighted by Gasteiger charge is 2.40. The van der Waals surface area contributed by atoms with Crippen LogP contribution in [0.5, 0.6) is 0 Å². The lowest BCUT2D eigenvalue weighted by atomic mass is 10.0. The third-order valence-corrected chi connectivity index (χ3v) is 10.0. The zero-order valence-corrected chi connectivity index (χ0v) is 24.1. The zero-order chi connectivity index (χ0) is 28.7. The van der Waals surface area contributed by atoms with Crippen LogP contribution in [0.15, 0.2) is 39.9 Å². The summed E-state index contributed by atoms with van der Waals surface area (Å²) in [5, 5.41) is 5.46. The Bertz CT molecular complexity index is 1410. The summed E-state index contributed by atoms with van der Waals surface area (Å²) < 4.78 is 43.5. The van der Waals surface area contributed by atoms with E-state index in [4.69, 9.17) is 9.47 Å². The molecule has 0 radical (unpaired) electrons.